The first kappa shape index (κ1) is 18.3. The molecule has 28 heavy (non-hydrogen) atoms. The molecule has 0 bridgehead atoms. The first-order chi connectivity index (χ1) is 13.5. The van der Waals surface area contributed by atoms with Gasteiger partial charge in [-0.05, 0) is 44.7 Å². The highest BCUT2D eigenvalue weighted by Gasteiger charge is 2.26. The molecule has 0 spiro atoms. The van der Waals surface area contributed by atoms with Crippen LogP contribution in [0.15, 0.2) is 24.3 Å². The van der Waals surface area contributed by atoms with E-state index in [4.69, 9.17) is 4.98 Å². The summed E-state index contributed by atoms with van der Waals surface area (Å²) in [6, 6.07) is 5.80. The number of aryl methyl sites for hydroxylation is 2. The van der Waals surface area contributed by atoms with Crippen molar-refractivity contribution in [1.29, 1.82) is 0 Å². The molecule has 1 saturated heterocycles. The highest BCUT2D eigenvalue weighted by Crippen LogP contribution is 2.28. The van der Waals surface area contributed by atoms with Crippen LogP contribution in [0.3, 0.4) is 0 Å². The molecule has 1 fully saturated rings. The maximum Gasteiger partial charge on any atom is 0.269 e. The lowest BCUT2D eigenvalue weighted by Gasteiger charge is -2.37. The number of non-ortho nitro benzene ring substituents is 1. The second-order valence-corrected chi connectivity index (χ2v) is 7.31. The van der Waals surface area contributed by atoms with Gasteiger partial charge in [0.15, 0.2) is 0 Å². The van der Waals surface area contributed by atoms with Gasteiger partial charge in [-0.25, -0.2) is 9.97 Å². The van der Waals surface area contributed by atoms with Gasteiger partial charge in [0.25, 0.3) is 11.6 Å². The van der Waals surface area contributed by atoms with Crippen molar-refractivity contribution in [3.8, 4) is 0 Å². The van der Waals surface area contributed by atoms with Crippen LogP contribution < -0.4 is 4.90 Å². The number of amides is 1. The molecule has 8 nitrogen and oxygen atoms in total. The summed E-state index contributed by atoms with van der Waals surface area (Å²) in [5.41, 5.74) is 2.92. The molecule has 4 rings (SSSR count). The Bertz CT molecular complexity index is 905. The molecule has 146 valence electrons. The van der Waals surface area contributed by atoms with Crippen LogP contribution in [0.4, 0.5) is 11.5 Å². The molecule has 0 atom stereocenters. The number of carbonyl (C=O) groups excluding carboxylic acids is 1. The number of fused-ring (bicyclic) bond motifs is 1. The molecular formula is C20H23N5O3. The van der Waals surface area contributed by atoms with Crippen LogP contribution in [-0.2, 0) is 12.8 Å². The largest absolute Gasteiger partial charge is 0.353 e. The lowest BCUT2D eigenvalue weighted by atomic mass is 9.96. The van der Waals surface area contributed by atoms with Crippen molar-refractivity contribution >= 4 is 17.4 Å². The molecule has 0 saturated carbocycles. The van der Waals surface area contributed by atoms with E-state index < -0.39 is 4.92 Å². The van der Waals surface area contributed by atoms with E-state index >= 15 is 0 Å². The second-order valence-electron chi connectivity index (χ2n) is 7.31. The number of carbonyl (C=O) groups is 1. The molecule has 0 radical (unpaired) electrons. The lowest BCUT2D eigenvalue weighted by molar-refractivity contribution is -0.384. The molecule has 2 aliphatic rings. The Balaban J connectivity index is 1.46. The first-order valence-corrected chi connectivity index (χ1v) is 9.68. The van der Waals surface area contributed by atoms with Gasteiger partial charge < -0.3 is 9.80 Å². The fourth-order valence-electron chi connectivity index (χ4n) is 3.99. The summed E-state index contributed by atoms with van der Waals surface area (Å²) >= 11 is 0. The topological polar surface area (TPSA) is 92.5 Å². The van der Waals surface area contributed by atoms with Gasteiger partial charge in [-0.1, -0.05) is 0 Å². The van der Waals surface area contributed by atoms with Gasteiger partial charge in [-0.15, -0.1) is 0 Å². The molecular weight excluding hydrogens is 358 g/mol. The fraction of sp³-hybridized carbons (Fsp3) is 0.450. The molecule has 1 aliphatic carbocycles. The summed E-state index contributed by atoms with van der Waals surface area (Å²) in [5, 5.41) is 10.8. The van der Waals surface area contributed by atoms with Crippen molar-refractivity contribution in [2.75, 3.05) is 31.1 Å². The number of hydrogen-bond acceptors (Lipinski definition) is 6. The minimum Gasteiger partial charge on any atom is -0.353 e. The van der Waals surface area contributed by atoms with Crippen LogP contribution >= 0.6 is 0 Å². The number of aromatic nitrogens is 2. The van der Waals surface area contributed by atoms with E-state index in [1.54, 1.807) is 4.90 Å². The second kappa shape index (κ2) is 7.53. The molecule has 1 aromatic heterocycles. The Morgan fingerprint density at radius 3 is 2.39 bits per heavy atom. The molecule has 2 aromatic rings. The van der Waals surface area contributed by atoms with Crippen LogP contribution in [0.25, 0.3) is 0 Å². The predicted octanol–water partition coefficient (Wildman–Crippen LogP) is 2.53. The maximum absolute atomic E-state index is 12.7. The summed E-state index contributed by atoms with van der Waals surface area (Å²) in [5.74, 6) is 1.75. The van der Waals surface area contributed by atoms with E-state index in [0.29, 0.717) is 18.7 Å². The molecule has 0 N–H and O–H groups in total. The summed E-state index contributed by atoms with van der Waals surface area (Å²) in [7, 11) is 0. The molecule has 1 amide bonds. The standard InChI is InChI=1S/C20H23N5O3/c1-14-21-18-5-3-2-4-17(18)19(22-14)23-10-12-24(13-11-23)20(26)15-6-8-16(9-7-15)25(27)28/h6-9H,2-5,10-13H2,1H3. The number of nitro groups is 1. The monoisotopic (exact) mass is 381 g/mol. The zero-order chi connectivity index (χ0) is 19.7. The van der Waals surface area contributed by atoms with Crippen molar-refractivity contribution in [2.45, 2.75) is 32.6 Å². The molecule has 8 heteroatoms. The highest BCUT2D eigenvalue weighted by atomic mass is 16.6. The van der Waals surface area contributed by atoms with Crippen LogP contribution in [0, 0.1) is 17.0 Å². The normalized spacial score (nSPS) is 16.6. The number of rotatable bonds is 3. The van der Waals surface area contributed by atoms with E-state index in [1.165, 1.54) is 48.4 Å². The van der Waals surface area contributed by atoms with Gasteiger partial charge in [0, 0.05) is 55.1 Å². The van der Waals surface area contributed by atoms with Crippen molar-refractivity contribution in [2.24, 2.45) is 0 Å². The lowest BCUT2D eigenvalue weighted by Crippen LogP contribution is -2.49. The van der Waals surface area contributed by atoms with Crippen LogP contribution in [-0.4, -0.2) is 51.9 Å². The van der Waals surface area contributed by atoms with E-state index in [1.807, 2.05) is 6.92 Å². The van der Waals surface area contributed by atoms with E-state index in [-0.39, 0.29) is 11.6 Å². The number of nitrogens with zero attached hydrogens (tertiary/aromatic N) is 5. The number of anilines is 1. The third-order valence-electron chi connectivity index (χ3n) is 5.46. The smallest absolute Gasteiger partial charge is 0.269 e. The molecule has 1 aliphatic heterocycles. The number of piperazine rings is 1. The molecule has 0 unspecified atom stereocenters. The maximum atomic E-state index is 12.7. The van der Waals surface area contributed by atoms with Crippen molar-refractivity contribution in [1.82, 2.24) is 14.9 Å². The number of nitro benzene ring substituents is 1. The summed E-state index contributed by atoms with van der Waals surface area (Å²) < 4.78 is 0. The minimum atomic E-state index is -0.461. The van der Waals surface area contributed by atoms with Gasteiger partial charge in [-0.3, -0.25) is 14.9 Å². The van der Waals surface area contributed by atoms with Gasteiger partial charge in [0.1, 0.15) is 11.6 Å². The van der Waals surface area contributed by atoms with E-state index in [9.17, 15) is 14.9 Å². The molecule has 2 heterocycles. The zero-order valence-electron chi connectivity index (χ0n) is 15.9. The minimum absolute atomic E-state index is 0.00901. The zero-order valence-corrected chi connectivity index (χ0v) is 15.9. The molecule has 1 aromatic carbocycles. The number of hydrogen-bond donors (Lipinski definition) is 0. The Labute approximate surface area is 163 Å². The first-order valence-electron chi connectivity index (χ1n) is 9.68. The van der Waals surface area contributed by atoms with Gasteiger partial charge in [0.05, 0.1) is 4.92 Å². The third kappa shape index (κ3) is 3.54. The van der Waals surface area contributed by atoms with Crippen molar-refractivity contribution < 1.29 is 9.72 Å². The van der Waals surface area contributed by atoms with Crippen molar-refractivity contribution in [3.05, 3.63) is 57.0 Å². The Morgan fingerprint density at radius 1 is 1.04 bits per heavy atom. The van der Waals surface area contributed by atoms with Crippen LogP contribution in [0.1, 0.15) is 40.3 Å². The van der Waals surface area contributed by atoms with Crippen LogP contribution in [0.5, 0.6) is 0 Å². The quantitative estimate of drug-likeness (QED) is 0.599. The van der Waals surface area contributed by atoms with E-state index in [0.717, 1.165) is 37.6 Å². The average molecular weight is 381 g/mol. The van der Waals surface area contributed by atoms with Gasteiger partial charge in [-0.2, -0.15) is 0 Å². The summed E-state index contributed by atoms with van der Waals surface area (Å²) in [6.07, 6.45) is 4.39. The van der Waals surface area contributed by atoms with Crippen molar-refractivity contribution in [3.63, 3.8) is 0 Å². The Kier molecular flexibility index (Phi) is 4.93. The van der Waals surface area contributed by atoms with E-state index in [2.05, 4.69) is 9.88 Å². The Morgan fingerprint density at radius 2 is 1.71 bits per heavy atom. The Hall–Kier alpha value is -3.03. The average Bonchev–Trinajstić information content (AvgIpc) is 2.73. The van der Waals surface area contributed by atoms with Crippen LogP contribution in [0.2, 0.25) is 0 Å². The summed E-state index contributed by atoms with van der Waals surface area (Å²) in [4.78, 5) is 36.4. The predicted molar refractivity (Wildman–Crippen MR) is 105 cm³/mol. The third-order valence-corrected chi connectivity index (χ3v) is 5.46. The SMILES string of the molecule is Cc1nc2c(c(N3CCN(C(=O)c4ccc([N+](=O)[O-])cc4)CC3)n1)CCCC2. The number of benzene rings is 1. The van der Waals surface area contributed by atoms with Gasteiger partial charge in [0.2, 0.25) is 0 Å². The fourth-order valence-corrected chi connectivity index (χ4v) is 3.99. The highest BCUT2D eigenvalue weighted by molar-refractivity contribution is 5.94. The van der Waals surface area contributed by atoms with Gasteiger partial charge >= 0.3 is 0 Å². The summed E-state index contributed by atoms with van der Waals surface area (Å²) in [6.45, 7) is 4.59.